The van der Waals surface area contributed by atoms with E-state index >= 15 is 0 Å². The van der Waals surface area contributed by atoms with E-state index in [2.05, 4.69) is 32.5 Å². The van der Waals surface area contributed by atoms with Gasteiger partial charge in [-0.15, -0.1) is 0 Å². The summed E-state index contributed by atoms with van der Waals surface area (Å²) in [5, 5.41) is 0. The molecule has 1 rings (SSSR count). The number of thioether (sulfide) groups is 1. The van der Waals surface area contributed by atoms with Gasteiger partial charge in [-0.2, -0.15) is 11.8 Å². The Bertz CT molecular complexity index is 142. The molecule has 1 aliphatic rings. The number of hydrogen-bond donors (Lipinski definition) is 1. The zero-order valence-electron chi connectivity index (χ0n) is 8.52. The third-order valence-corrected chi connectivity index (χ3v) is 4.42. The summed E-state index contributed by atoms with van der Waals surface area (Å²) < 4.78 is 0. The first-order valence-electron chi connectivity index (χ1n) is 4.80. The first-order valence-corrected chi connectivity index (χ1v) is 5.95. The van der Waals surface area contributed by atoms with Gasteiger partial charge in [-0.1, -0.05) is 20.8 Å². The SMILES string of the molecule is CC(C)(C)C1(CN)CCSCC1. The summed E-state index contributed by atoms with van der Waals surface area (Å²) in [6, 6.07) is 0. The van der Waals surface area contributed by atoms with Gasteiger partial charge in [0.1, 0.15) is 0 Å². The Labute approximate surface area is 80.5 Å². The van der Waals surface area contributed by atoms with Crippen LogP contribution in [0.4, 0.5) is 0 Å². The summed E-state index contributed by atoms with van der Waals surface area (Å²) in [7, 11) is 0. The van der Waals surface area contributed by atoms with Gasteiger partial charge in [0.25, 0.3) is 0 Å². The second-order valence-corrected chi connectivity index (χ2v) is 6.07. The average Bonchev–Trinajstić information content (AvgIpc) is 2.04. The molecule has 1 fully saturated rings. The zero-order valence-corrected chi connectivity index (χ0v) is 9.34. The zero-order chi connectivity index (χ0) is 9.24. The van der Waals surface area contributed by atoms with E-state index in [1.807, 2.05) is 0 Å². The monoisotopic (exact) mass is 187 g/mol. The van der Waals surface area contributed by atoms with Crippen LogP contribution in [0.1, 0.15) is 33.6 Å². The van der Waals surface area contributed by atoms with Crippen molar-refractivity contribution in [1.29, 1.82) is 0 Å². The molecule has 12 heavy (non-hydrogen) atoms. The van der Waals surface area contributed by atoms with Crippen molar-refractivity contribution in [1.82, 2.24) is 0 Å². The van der Waals surface area contributed by atoms with E-state index in [0.717, 1.165) is 6.54 Å². The van der Waals surface area contributed by atoms with Gasteiger partial charge in [-0.25, -0.2) is 0 Å². The molecule has 0 amide bonds. The van der Waals surface area contributed by atoms with E-state index < -0.39 is 0 Å². The van der Waals surface area contributed by atoms with Gasteiger partial charge in [0.2, 0.25) is 0 Å². The Kier molecular flexibility index (Phi) is 3.11. The van der Waals surface area contributed by atoms with Crippen LogP contribution in [0.15, 0.2) is 0 Å². The highest BCUT2D eigenvalue weighted by molar-refractivity contribution is 7.99. The molecule has 0 unspecified atom stereocenters. The molecule has 0 bridgehead atoms. The number of rotatable bonds is 1. The molecule has 0 aromatic heterocycles. The molecular weight excluding hydrogens is 166 g/mol. The maximum atomic E-state index is 5.92. The van der Waals surface area contributed by atoms with Crippen molar-refractivity contribution in [3.05, 3.63) is 0 Å². The maximum absolute atomic E-state index is 5.92. The van der Waals surface area contributed by atoms with Crippen LogP contribution in [-0.2, 0) is 0 Å². The molecule has 0 saturated carbocycles. The molecule has 0 aromatic carbocycles. The van der Waals surface area contributed by atoms with Crippen LogP contribution < -0.4 is 5.73 Å². The molecule has 0 spiro atoms. The van der Waals surface area contributed by atoms with Crippen molar-refractivity contribution in [2.75, 3.05) is 18.1 Å². The molecule has 0 aliphatic carbocycles. The van der Waals surface area contributed by atoms with Gasteiger partial charge >= 0.3 is 0 Å². The van der Waals surface area contributed by atoms with Crippen molar-refractivity contribution in [2.45, 2.75) is 33.6 Å². The van der Waals surface area contributed by atoms with E-state index in [4.69, 9.17) is 5.73 Å². The normalized spacial score (nSPS) is 24.0. The third kappa shape index (κ3) is 1.80. The predicted molar refractivity (Wildman–Crippen MR) is 57.5 cm³/mol. The first-order chi connectivity index (χ1) is 5.52. The van der Waals surface area contributed by atoms with Gasteiger partial charge in [0, 0.05) is 0 Å². The van der Waals surface area contributed by atoms with Crippen LogP contribution in [0.25, 0.3) is 0 Å². The highest BCUT2D eigenvalue weighted by Gasteiger charge is 2.41. The maximum Gasteiger partial charge on any atom is -0.00149 e. The van der Waals surface area contributed by atoms with Crippen LogP contribution in [0.2, 0.25) is 0 Å². The van der Waals surface area contributed by atoms with Crippen LogP contribution >= 0.6 is 11.8 Å². The standard InChI is InChI=1S/C10H21NS/c1-9(2,3)10(8-11)4-6-12-7-5-10/h4-8,11H2,1-3H3. The Morgan fingerprint density at radius 2 is 1.75 bits per heavy atom. The van der Waals surface area contributed by atoms with Crippen molar-refractivity contribution >= 4 is 11.8 Å². The lowest BCUT2D eigenvalue weighted by Gasteiger charge is -2.46. The van der Waals surface area contributed by atoms with Crippen molar-refractivity contribution < 1.29 is 0 Å². The lowest BCUT2D eigenvalue weighted by Crippen LogP contribution is -2.44. The Morgan fingerprint density at radius 1 is 1.25 bits per heavy atom. The van der Waals surface area contributed by atoms with Crippen LogP contribution in [-0.4, -0.2) is 18.1 Å². The van der Waals surface area contributed by atoms with Crippen LogP contribution in [0.3, 0.4) is 0 Å². The lowest BCUT2D eigenvalue weighted by molar-refractivity contribution is 0.0841. The lowest BCUT2D eigenvalue weighted by atomic mass is 9.63. The van der Waals surface area contributed by atoms with Gasteiger partial charge in [-0.3, -0.25) is 0 Å². The van der Waals surface area contributed by atoms with E-state index in [0.29, 0.717) is 10.8 Å². The van der Waals surface area contributed by atoms with Crippen LogP contribution in [0.5, 0.6) is 0 Å². The topological polar surface area (TPSA) is 26.0 Å². The largest absolute Gasteiger partial charge is 0.330 e. The van der Waals surface area contributed by atoms with Crippen LogP contribution in [0, 0.1) is 10.8 Å². The number of hydrogen-bond acceptors (Lipinski definition) is 2. The molecule has 1 nitrogen and oxygen atoms in total. The third-order valence-electron chi connectivity index (χ3n) is 3.43. The second-order valence-electron chi connectivity index (χ2n) is 4.85. The predicted octanol–water partition coefficient (Wildman–Crippen LogP) is 2.50. The minimum atomic E-state index is 0.378. The Balaban J connectivity index is 2.73. The molecule has 72 valence electrons. The van der Waals surface area contributed by atoms with Gasteiger partial charge in [0.15, 0.2) is 0 Å². The summed E-state index contributed by atoms with van der Waals surface area (Å²) in [5.41, 5.74) is 6.71. The molecule has 2 N–H and O–H groups in total. The quantitative estimate of drug-likeness (QED) is 0.682. The highest BCUT2D eigenvalue weighted by atomic mass is 32.2. The van der Waals surface area contributed by atoms with Crippen molar-refractivity contribution in [2.24, 2.45) is 16.6 Å². The molecule has 0 radical (unpaired) electrons. The summed E-state index contributed by atoms with van der Waals surface area (Å²) in [6.07, 6.45) is 2.61. The average molecular weight is 187 g/mol. The first kappa shape index (κ1) is 10.4. The molecule has 1 aliphatic heterocycles. The highest BCUT2D eigenvalue weighted by Crippen LogP contribution is 2.47. The fourth-order valence-corrected chi connectivity index (χ4v) is 3.30. The summed E-state index contributed by atoms with van der Waals surface area (Å²) in [5.74, 6) is 2.60. The van der Waals surface area contributed by atoms with Gasteiger partial charge < -0.3 is 5.73 Å². The molecule has 2 heteroatoms. The smallest absolute Gasteiger partial charge is 0.00149 e. The van der Waals surface area contributed by atoms with E-state index in [-0.39, 0.29) is 0 Å². The van der Waals surface area contributed by atoms with Gasteiger partial charge in [-0.05, 0) is 41.7 Å². The minimum Gasteiger partial charge on any atom is -0.330 e. The second kappa shape index (κ2) is 3.59. The van der Waals surface area contributed by atoms with Gasteiger partial charge in [0.05, 0.1) is 0 Å². The van der Waals surface area contributed by atoms with Crippen molar-refractivity contribution in [3.8, 4) is 0 Å². The number of nitrogens with two attached hydrogens (primary N) is 1. The fourth-order valence-electron chi connectivity index (χ4n) is 2.02. The molecular formula is C10H21NS. The van der Waals surface area contributed by atoms with E-state index in [1.54, 1.807) is 0 Å². The Morgan fingerprint density at radius 3 is 2.00 bits per heavy atom. The summed E-state index contributed by atoms with van der Waals surface area (Å²) >= 11 is 2.07. The fraction of sp³-hybridized carbons (Fsp3) is 1.00. The minimum absolute atomic E-state index is 0.378. The molecule has 1 heterocycles. The Hall–Kier alpha value is 0.310. The molecule has 0 aromatic rings. The molecule has 1 saturated heterocycles. The van der Waals surface area contributed by atoms with E-state index in [9.17, 15) is 0 Å². The summed E-state index contributed by atoms with van der Waals surface area (Å²) in [6.45, 7) is 7.85. The van der Waals surface area contributed by atoms with E-state index in [1.165, 1.54) is 24.3 Å². The molecule has 0 atom stereocenters. The van der Waals surface area contributed by atoms with Crippen molar-refractivity contribution in [3.63, 3.8) is 0 Å². The summed E-state index contributed by atoms with van der Waals surface area (Å²) in [4.78, 5) is 0.